The van der Waals surface area contributed by atoms with Crippen LogP contribution in [0, 0.1) is 0 Å². The van der Waals surface area contributed by atoms with Crippen LogP contribution in [0.1, 0.15) is 12.0 Å². The molecule has 0 amide bonds. The molecule has 2 N–H and O–H groups in total. The monoisotopic (exact) mass is 272 g/mol. The van der Waals surface area contributed by atoms with Crippen molar-refractivity contribution in [1.82, 2.24) is 0 Å². The van der Waals surface area contributed by atoms with Gasteiger partial charge in [0.05, 0.1) is 20.6 Å². The zero-order valence-electron chi connectivity index (χ0n) is 9.62. The first-order chi connectivity index (χ1) is 6.64. The largest absolute Gasteiger partial charge is 1.00 e. The molecule has 0 saturated heterocycles. The van der Waals surface area contributed by atoms with Gasteiger partial charge in [-0.15, -0.1) is 0 Å². The number of hydrogen-bond acceptors (Lipinski definition) is 1. The van der Waals surface area contributed by atoms with Crippen molar-refractivity contribution < 1.29 is 21.5 Å². The number of halogens is 1. The first-order valence-electron chi connectivity index (χ1n) is 5.20. The van der Waals surface area contributed by atoms with Gasteiger partial charge in [-0.25, -0.2) is 0 Å². The molecule has 0 unspecified atom stereocenters. The fourth-order valence-electron chi connectivity index (χ4n) is 1.68. The van der Waals surface area contributed by atoms with Gasteiger partial charge in [0.1, 0.15) is 6.54 Å². The van der Waals surface area contributed by atoms with E-state index in [1.807, 2.05) is 0 Å². The second kappa shape index (κ2) is 6.99. The number of benzene rings is 1. The molecule has 86 valence electrons. The third-order valence-electron chi connectivity index (χ3n) is 2.42. The summed E-state index contributed by atoms with van der Waals surface area (Å²) >= 11 is 0. The van der Waals surface area contributed by atoms with Gasteiger partial charge in [-0.2, -0.15) is 0 Å². The van der Waals surface area contributed by atoms with Crippen molar-refractivity contribution in [3.05, 3.63) is 35.9 Å². The van der Waals surface area contributed by atoms with Crippen LogP contribution in [-0.2, 0) is 6.54 Å². The molecule has 0 fully saturated rings. The van der Waals surface area contributed by atoms with Crippen molar-refractivity contribution in [2.24, 2.45) is 5.73 Å². The van der Waals surface area contributed by atoms with Crippen LogP contribution in [0.2, 0.25) is 0 Å². The first kappa shape index (κ1) is 14.6. The van der Waals surface area contributed by atoms with Gasteiger partial charge in [0, 0.05) is 12.0 Å². The summed E-state index contributed by atoms with van der Waals surface area (Å²) in [6.45, 7) is 3.02. The minimum Gasteiger partial charge on any atom is -1.00 e. The number of nitrogens with zero attached hydrogens (tertiary/aromatic N) is 1. The van der Waals surface area contributed by atoms with Gasteiger partial charge < -0.3 is 27.2 Å². The Balaban J connectivity index is 0.00000196. The topological polar surface area (TPSA) is 26.0 Å². The summed E-state index contributed by atoms with van der Waals surface area (Å²) in [6, 6.07) is 10.6. The highest BCUT2D eigenvalue weighted by Crippen LogP contribution is 2.09. The van der Waals surface area contributed by atoms with E-state index in [1.54, 1.807) is 0 Å². The van der Waals surface area contributed by atoms with Crippen LogP contribution in [0.3, 0.4) is 0 Å². The van der Waals surface area contributed by atoms with Crippen molar-refractivity contribution in [3.8, 4) is 0 Å². The molecule has 0 spiro atoms. The lowest BCUT2D eigenvalue weighted by molar-refractivity contribution is -0.903. The average molecular weight is 273 g/mol. The lowest BCUT2D eigenvalue weighted by Crippen LogP contribution is -3.00. The highest BCUT2D eigenvalue weighted by Gasteiger charge is 2.14. The van der Waals surface area contributed by atoms with Crippen molar-refractivity contribution in [1.29, 1.82) is 0 Å². The molecule has 15 heavy (non-hydrogen) atoms. The number of nitrogens with two attached hydrogens (primary N) is 1. The Bertz CT molecular complexity index is 260. The minimum atomic E-state index is 0. The van der Waals surface area contributed by atoms with Gasteiger partial charge in [0.15, 0.2) is 0 Å². The van der Waals surface area contributed by atoms with E-state index < -0.39 is 0 Å². The first-order valence-corrected chi connectivity index (χ1v) is 5.20. The molecule has 0 saturated carbocycles. The average Bonchev–Trinajstić information content (AvgIpc) is 2.16. The van der Waals surface area contributed by atoms with Gasteiger partial charge in [0.2, 0.25) is 0 Å². The summed E-state index contributed by atoms with van der Waals surface area (Å²) in [4.78, 5) is 0. The van der Waals surface area contributed by atoms with E-state index in [-0.39, 0.29) is 17.0 Å². The maximum Gasteiger partial charge on any atom is 0.104 e. The maximum atomic E-state index is 5.52. The fraction of sp³-hybridized carbons (Fsp3) is 0.500. The fourth-order valence-corrected chi connectivity index (χ4v) is 1.68. The maximum absolute atomic E-state index is 5.52. The van der Waals surface area contributed by atoms with Crippen molar-refractivity contribution in [2.75, 3.05) is 27.2 Å². The molecule has 1 rings (SSSR count). The van der Waals surface area contributed by atoms with Crippen LogP contribution in [0.5, 0.6) is 0 Å². The molecule has 0 aliphatic rings. The van der Waals surface area contributed by atoms with Crippen LogP contribution < -0.4 is 22.7 Å². The second-order valence-electron chi connectivity index (χ2n) is 4.45. The number of hydrogen-bond donors (Lipinski definition) is 1. The molecule has 1 aromatic rings. The molecule has 0 heterocycles. The number of quaternary nitrogens is 1. The lowest BCUT2D eigenvalue weighted by Gasteiger charge is -2.29. The zero-order valence-corrected chi connectivity index (χ0v) is 11.2. The summed E-state index contributed by atoms with van der Waals surface area (Å²) in [5.74, 6) is 0. The van der Waals surface area contributed by atoms with Crippen molar-refractivity contribution >= 4 is 0 Å². The standard InChI is InChI=1S/C12H21N2.BrH/c1-14(2,10-6-9-13)11-12-7-4-3-5-8-12;/h3-5,7-8H,6,9-11,13H2,1-2H3;1H/q+1;/p-1. The molecule has 0 aliphatic heterocycles. The van der Waals surface area contributed by atoms with Crippen LogP contribution in [0.25, 0.3) is 0 Å². The van der Waals surface area contributed by atoms with E-state index in [0.29, 0.717) is 0 Å². The molecule has 0 radical (unpaired) electrons. The van der Waals surface area contributed by atoms with E-state index in [2.05, 4.69) is 44.4 Å². The Kier molecular flexibility index (Phi) is 6.81. The van der Waals surface area contributed by atoms with Gasteiger partial charge in [-0.05, 0) is 6.54 Å². The van der Waals surface area contributed by atoms with Crippen LogP contribution >= 0.6 is 0 Å². The van der Waals surface area contributed by atoms with Crippen molar-refractivity contribution in [2.45, 2.75) is 13.0 Å². The molecule has 0 bridgehead atoms. The zero-order chi connectivity index (χ0) is 10.4. The summed E-state index contributed by atoms with van der Waals surface area (Å²) < 4.78 is 1.02. The molecule has 0 aliphatic carbocycles. The van der Waals surface area contributed by atoms with Crippen LogP contribution in [-0.4, -0.2) is 31.7 Å². The predicted molar refractivity (Wildman–Crippen MR) is 60.8 cm³/mol. The van der Waals surface area contributed by atoms with Gasteiger partial charge in [-0.3, -0.25) is 0 Å². The molecular weight excluding hydrogens is 252 g/mol. The Labute approximate surface area is 103 Å². The highest BCUT2D eigenvalue weighted by atomic mass is 79.9. The van der Waals surface area contributed by atoms with Gasteiger partial charge in [0.25, 0.3) is 0 Å². The smallest absolute Gasteiger partial charge is 0.104 e. The van der Waals surface area contributed by atoms with E-state index >= 15 is 0 Å². The van der Waals surface area contributed by atoms with E-state index in [1.165, 1.54) is 5.56 Å². The third-order valence-corrected chi connectivity index (χ3v) is 2.42. The quantitative estimate of drug-likeness (QED) is 0.657. The summed E-state index contributed by atoms with van der Waals surface area (Å²) in [7, 11) is 4.51. The molecule has 2 nitrogen and oxygen atoms in total. The Morgan fingerprint density at radius 2 is 1.73 bits per heavy atom. The van der Waals surface area contributed by atoms with Crippen LogP contribution in [0.15, 0.2) is 30.3 Å². The number of rotatable bonds is 5. The second-order valence-corrected chi connectivity index (χ2v) is 4.45. The summed E-state index contributed by atoms with van der Waals surface area (Å²) in [5.41, 5.74) is 6.92. The molecule has 0 aromatic heterocycles. The summed E-state index contributed by atoms with van der Waals surface area (Å²) in [6.07, 6.45) is 1.10. The SMILES string of the molecule is C[N+](C)(CCCN)Cc1ccccc1.[Br-]. The normalized spacial score (nSPS) is 10.9. The van der Waals surface area contributed by atoms with Gasteiger partial charge in [-0.1, -0.05) is 30.3 Å². The Morgan fingerprint density at radius 3 is 2.27 bits per heavy atom. The highest BCUT2D eigenvalue weighted by molar-refractivity contribution is 5.13. The minimum absolute atomic E-state index is 0. The molecule has 0 atom stereocenters. The lowest BCUT2D eigenvalue weighted by atomic mass is 10.2. The van der Waals surface area contributed by atoms with Crippen LogP contribution in [0.4, 0.5) is 0 Å². The van der Waals surface area contributed by atoms with E-state index in [4.69, 9.17) is 5.73 Å². The van der Waals surface area contributed by atoms with Crippen molar-refractivity contribution in [3.63, 3.8) is 0 Å². The third kappa shape index (κ3) is 5.92. The Morgan fingerprint density at radius 1 is 1.13 bits per heavy atom. The predicted octanol–water partition coefficient (Wildman–Crippen LogP) is -1.38. The molecule has 3 heteroatoms. The Hall–Kier alpha value is -0.380. The molecular formula is C12H21BrN2. The van der Waals surface area contributed by atoms with Gasteiger partial charge >= 0.3 is 0 Å². The van der Waals surface area contributed by atoms with E-state index in [9.17, 15) is 0 Å². The summed E-state index contributed by atoms with van der Waals surface area (Å²) in [5, 5.41) is 0. The van der Waals surface area contributed by atoms with E-state index in [0.717, 1.165) is 30.5 Å². The molecule has 1 aromatic carbocycles.